The van der Waals surface area contributed by atoms with Crippen molar-refractivity contribution in [3.63, 3.8) is 0 Å². The number of quaternary nitrogens is 1. The second-order valence-electron chi connectivity index (χ2n) is 2.76. The molecule has 0 aliphatic rings. The molecule has 0 aliphatic carbocycles. The molecule has 1 aromatic heterocycles. The summed E-state index contributed by atoms with van der Waals surface area (Å²) in [5, 5.41) is 0. The van der Waals surface area contributed by atoms with Crippen LogP contribution in [0.1, 0.15) is 24.9 Å². The van der Waals surface area contributed by atoms with Crippen molar-refractivity contribution in [2.45, 2.75) is 19.4 Å². The lowest BCUT2D eigenvalue weighted by Crippen LogP contribution is -2.54. The fourth-order valence-corrected chi connectivity index (χ4v) is 1.05. The van der Waals surface area contributed by atoms with Gasteiger partial charge in [-0.05, 0) is 13.0 Å². The molecule has 72 valence electrons. The Balaban J connectivity index is 2.42. The van der Waals surface area contributed by atoms with Crippen LogP contribution in [-0.4, -0.2) is 12.6 Å². The van der Waals surface area contributed by atoms with Gasteiger partial charge in [0.1, 0.15) is 12.5 Å². The average Bonchev–Trinajstić information content (AvgIpc) is 2.55. The predicted octanol–water partition coefficient (Wildman–Crippen LogP) is 0.516. The maximum Gasteiger partial charge on any atom is 0.312 e. The second kappa shape index (κ2) is 4.67. The van der Waals surface area contributed by atoms with Gasteiger partial charge in [-0.15, -0.1) is 0 Å². The Hall–Kier alpha value is -1.29. The molecule has 0 fully saturated rings. The lowest BCUT2D eigenvalue weighted by molar-refractivity contribution is -0.425. The van der Waals surface area contributed by atoms with E-state index in [0.29, 0.717) is 13.0 Å². The molecule has 13 heavy (non-hydrogen) atoms. The molecule has 0 bridgehead atoms. The summed E-state index contributed by atoms with van der Waals surface area (Å²) in [6.07, 6.45) is 3.46. The Bertz CT molecular complexity index is 256. The quantitative estimate of drug-likeness (QED) is 0.693. The summed E-state index contributed by atoms with van der Waals surface area (Å²) in [4.78, 5) is 11.1. The largest absolute Gasteiger partial charge is 0.472 e. The summed E-state index contributed by atoms with van der Waals surface area (Å²) < 4.78 is 9.69. The van der Waals surface area contributed by atoms with Gasteiger partial charge in [-0.1, -0.05) is 0 Å². The molecule has 4 nitrogen and oxygen atoms in total. The molecule has 0 spiro atoms. The zero-order chi connectivity index (χ0) is 9.68. The highest BCUT2D eigenvalue weighted by atomic mass is 16.5. The van der Waals surface area contributed by atoms with Crippen molar-refractivity contribution in [2.24, 2.45) is 0 Å². The molecular formula is C9H14NO3+. The first-order valence-electron chi connectivity index (χ1n) is 4.24. The number of rotatable bonds is 4. The van der Waals surface area contributed by atoms with E-state index < -0.39 is 0 Å². The number of carbonyl (C=O) groups excluding carboxylic acids is 1. The van der Waals surface area contributed by atoms with Crippen LogP contribution >= 0.6 is 0 Å². The minimum Gasteiger partial charge on any atom is -0.472 e. The van der Waals surface area contributed by atoms with Gasteiger partial charge >= 0.3 is 5.97 Å². The van der Waals surface area contributed by atoms with E-state index in [9.17, 15) is 4.79 Å². The lowest BCUT2D eigenvalue weighted by Gasteiger charge is -2.04. The topological polar surface area (TPSA) is 67.1 Å². The first-order valence-corrected chi connectivity index (χ1v) is 4.24. The fraction of sp³-hybridized carbons (Fsp3) is 0.444. The molecule has 0 amide bonds. The van der Waals surface area contributed by atoms with Crippen LogP contribution in [0, 0.1) is 0 Å². The molecule has 1 atom stereocenters. The van der Waals surface area contributed by atoms with E-state index >= 15 is 0 Å². The molecule has 1 aromatic rings. The van der Waals surface area contributed by atoms with E-state index in [4.69, 9.17) is 9.15 Å². The third-order valence-corrected chi connectivity index (χ3v) is 1.73. The third-order valence-electron chi connectivity index (χ3n) is 1.73. The highest BCUT2D eigenvalue weighted by Crippen LogP contribution is 2.12. The van der Waals surface area contributed by atoms with E-state index in [1.54, 1.807) is 25.5 Å². The Kier molecular flexibility index (Phi) is 3.52. The highest BCUT2D eigenvalue weighted by molar-refractivity contribution is 5.70. The summed E-state index contributed by atoms with van der Waals surface area (Å²) in [5.41, 5.74) is 4.77. The SMILES string of the molecule is CCOC(=O)C[C@H]([NH3+])c1ccoc1. The number of furan rings is 1. The van der Waals surface area contributed by atoms with Crippen molar-refractivity contribution < 1.29 is 19.7 Å². The van der Waals surface area contributed by atoms with Crippen LogP contribution in [0.25, 0.3) is 0 Å². The van der Waals surface area contributed by atoms with Crippen molar-refractivity contribution >= 4 is 5.97 Å². The van der Waals surface area contributed by atoms with E-state index in [1.807, 2.05) is 0 Å². The van der Waals surface area contributed by atoms with Gasteiger partial charge in [0.15, 0.2) is 0 Å². The van der Waals surface area contributed by atoms with E-state index in [-0.39, 0.29) is 12.0 Å². The van der Waals surface area contributed by atoms with Crippen LogP contribution in [0.15, 0.2) is 23.0 Å². The minimum absolute atomic E-state index is 0.0854. The van der Waals surface area contributed by atoms with Crippen LogP contribution in [0.4, 0.5) is 0 Å². The zero-order valence-electron chi connectivity index (χ0n) is 7.66. The van der Waals surface area contributed by atoms with Crippen LogP contribution in [0.5, 0.6) is 0 Å². The number of carbonyl (C=O) groups is 1. The van der Waals surface area contributed by atoms with E-state index in [0.717, 1.165) is 5.56 Å². The van der Waals surface area contributed by atoms with Gasteiger partial charge in [-0.25, -0.2) is 0 Å². The highest BCUT2D eigenvalue weighted by Gasteiger charge is 2.16. The Morgan fingerprint density at radius 1 is 1.77 bits per heavy atom. The summed E-state index contributed by atoms with van der Waals surface area (Å²) in [7, 11) is 0. The predicted molar refractivity (Wildman–Crippen MR) is 45.6 cm³/mol. The third kappa shape index (κ3) is 2.91. The molecule has 0 saturated carbocycles. The van der Waals surface area contributed by atoms with Gasteiger partial charge in [0.05, 0.1) is 19.1 Å². The molecular weight excluding hydrogens is 170 g/mol. The van der Waals surface area contributed by atoms with Gasteiger partial charge in [0, 0.05) is 5.56 Å². The number of ether oxygens (including phenoxy) is 1. The average molecular weight is 184 g/mol. The number of hydrogen-bond acceptors (Lipinski definition) is 3. The molecule has 0 aliphatic heterocycles. The Morgan fingerprint density at radius 2 is 2.54 bits per heavy atom. The van der Waals surface area contributed by atoms with E-state index in [2.05, 4.69) is 5.73 Å². The van der Waals surface area contributed by atoms with Crippen LogP contribution < -0.4 is 5.73 Å². The van der Waals surface area contributed by atoms with Crippen molar-refractivity contribution in [3.05, 3.63) is 24.2 Å². The second-order valence-corrected chi connectivity index (χ2v) is 2.76. The Labute approximate surface area is 76.7 Å². The molecule has 0 radical (unpaired) electrons. The lowest BCUT2D eigenvalue weighted by atomic mass is 10.1. The van der Waals surface area contributed by atoms with Gasteiger partial charge < -0.3 is 14.9 Å². The zero-order valence-corrected chi connectivity index (χ0v) is 7.66. The molecule has 1 rings (SSSR count). The van der Waals surface area contributed by atoms with Crippen molar-refractivity contribution in [3.8, 4) is 0 Å². The fourth-order valence-electron chi connectivity index (χ4n) is 1.05. The van der Waals surface area contributed by atoms with Crippen LogP contribution in [0.2, 0.25) is 0 Å². The maximum atomic E-state index is 11.1. The van der Waals surface area contributed by atoms with Crippen molar-refractivity contribution in [1.82, 2.24) is 0 Å². The summed E-state index contributed by atoms with van der Waals surface area (Å²) >= 11 is 0. The van der Waals surface area contributed by atoms with Crippen molar-refractivity contribution in [2.75, 3.05) is 6.61 Å². The maximum absolute atomic E-state index is 11.1. The first-order chi connectivity index (χ1) is 6.24. The van der Waals surface area contributed by atoms with Gasteiger partial charge in [-0.3, -0.25) is 4.79 Å². The Morgan fingerprint density at radius 3 is 3.08 bits per heavy atom. The van der Waals surface area contributed by atoms with Gasteiger partial charge in [0.25, 0.3) is 0 Å². The number of hydrogen-bond donors (Lipinski definition) is 1. The molecule has 3 N–H and O–H groups in total. The monoisotopic (exact) mass is 184 g/mol. The summed E-state index contributed by atoms with van der Waals surface area (Å²) in [6.45, 7) is 2.20. The smallest absolute Gasteiger partial charge is 0.312 e. The van der Waals surface area contributed by atoms with Crippen molar-refractivity contribution in [1.29, 1.82) is 0 Å². The first kappa shape index (κ1) is 9.80. The van der Waals surface area contributed by atoms with Crippen LogP contribution in [-0.2, 0) is 9.53 Å². The summed E-state index contributed by atoms with van der Waals surface area (Å²) in [6, 6.07) is 1.72. The van der Waals surface area contributed by atoms with E-state index in [1.165, 1.54) is 0 Å². The van der Waals surface area contributed by atoms with Gasteiger partial charge in [-0.2, -0.15) is 0 Å². The normalized spacial score (nSPS) is 12.5. The molecule has 0 unspecified atom stereocenters. The summed E-state index contributed by atoms with van der Waals surface area (Å²) in [5.74, 6) is -0.219. The molecule has 0 aromatic carbocycles. The van der Waals surface area contributed by atoms with Gasteiger partial charge in [0.2, 0.25) is 0 Å². The number of esters is 1. The molecule has 4 heteroatoms. The minimum atomic E-state index is -0.219. The molecule has 1 heterocycles. The standard InChI is InChI=1S/C9H13NO3/c1-2-13-9(11)5-8(10)7-3-4-12-6-7/h3-4,6,8H,2,5,10H2,1H3/p+1/t8-/m0/s1. The van der Waals surface area contributed by atoms with Crippen LogP contribution in [0.3, 0.4) is 0 Å². The molecule has 0 saturated heterocycles.